The predicted molar refractivity (Wildman–Crippen MR) is 59.9 cm³/mol. The van der Waals surface area contributed by atoms with E-state index in [-0.39, 0.29) is 17.9 Å². The lowest BCUT2D eigenvalue weighted by molar-refractivity contribution is 0.140. The monoisotopic (exact) mass is 252 g/mol. The highest BCUT2D eigenvalue weighted by Gasteiger charge is 2.08. The summed E-state index contributed by atoms with van der Waals surface area (Å²) >= 11 is 0. The van der Waals surface area contributed by atoms with Crippen LogP contribution in [0.5, 0.6) is 6.01 Å². The summed E-state index contributed by atoms with van der Waals surface area (Å²) in [5, 5.41) is 3.90. The minimum Gasteiger partial charge on any atom is -0.461 e. The number of nitrogens with two attached hydrogens (primary N) is 1. The number of hydrogen-bond donors (Lipinski definition) is 2. The van der Waals surface area contributed by atoms with Gasteiger partial charge in [-0.3, -0.25) is 5.43 Å². The van der Waals surface area contributed by atoms with Crippen molar-refractivity contribution in [3.63, 3.8) is 0 Å². The van der Waals surface area contributed by atoms with Gasteiger partial charge in [0, 0.05) is 7.11 Å². The molecule has 0 unspecified atom stereocenters. The molecule has 0 saturated carbocycles. The molecule has 2 aromatic rings. The Balaban J connectivity index is 2.22. The second-order valence-electron chi connectivity index (χ2n) is 3.07. The topological polar surface area (TPSA) is 126 Å². The molecule has 0 spiro atoms. The maximum Gasteiger partial charge on any atom is 0.323 e. The van der Waals surface area contributed by atoms with Crippen LogP contribution in [-0.4, -0.2) is 50.0 Å². The van der Waals surface area contributed by atoms with Crippen LogP contribution in [0, 0.1) is 0 Å². The standard InChI is InChI=1S/C8H12N8O2/c1-17-2-3-18-8-13-6(15-9)12-7(14-8)16-5-10-4-11-16/h4-5H,2-3,9H2,1H3,(H,12,13,14,15). The van der Waals surface area contributed by atoms with Crippen molar-refractivity contribution < 1.29 is 9.47 Å². The molecule has 2 rings (SSSR count). The van der Waals surface area contributed by atoms with Crippen molar-refractivity contribution in [3.8, 4) is 12.0 Å². The Morgan fingerprint density at radius 2 is 2.22 bits per heavy atom. The van der Waals surface area contributed by atoms with Crippen molar-refractivity contribution in [2.24, 2.45) is 5.84 Å². The fourth-order valence-electron chi connectivity index (χ4n) is 1.11. The smallest absolute Gasteiger partial charge is 0.323 e. The number of hydrogen-bond acceptors (Lipinski definition) is 9. The van der Waals surface area contributed by atoms with Gasteiger partial charge in [0.15, 0.2) is 0 Å². The summed E-state index contributed by atoms with van der Waals surface area (Å²) in [4.78, 5) is 15.8. The average molecular weight is 252 g/mol. The van der Waals surface area contributed by atoms with E-state index in [0.717, 1.165) is 0 Å². The first kappa shape index (κ1) is 12.1. The van der Waals surface area contributed by atoms with E-state index in [1.165, 1.54) is 17.3 Å². The third-order valence-electron chi connectivity index (χ3n) is 1.87. The third kappa shape index (κ3) is 2.87. The Labute approximate surface area is 102 Å². The lowest BCUT2D eigenvalue weighted by Gasteiger charge is -2.06. The molecule has 96 valence electrons. The molecule has 10 heteroatoms. The number of methoxy groups -OCH3 is 1. The van der Waals surface area contributed by atoms with Gasteiger partial charge in [0.05, 0.1) is 6.61 Å². The van der Waals surface area contributed by atoms with Crippen LogP contribution in [0.3, 0.4) is 0 Å². The van der Waals surface area contributed by atoms with Gasteiger partial charge in [-0.1, -0.05) is 0 Å². The van der Waals surface area contributed by atoms with Crippen molar-refractivity contribution in [3.05, 3.63) is 12.7 Å². The highest BCUT2D eigenvalue weighted by atomic mass is 16.5. The van der Waals surface area contributed by atoms with E-state index >= 15 is 0 Å². The van der Waals surface area contributed by atoms with Crippen LogP contribution in [0.1, 0.15) is 0 Å². The van der Waals surface area contributed by atoms with Crippen LogP contribution in [0.15, 0.2) is 12.7 Å². The Bertz CT molecular complexity index is 488. The highest BCUT2D eigenvalue weighted by Crippen LogP contribution is 2.09. The summed E-state index contributed by atoms with van der Waals surface area (Å²) in [6, 6.07) is 0.125. The molecule has 18 heavy (non-hydrogen) atoms. The van der Waals surface area contributed by atoms with E-state index in [9.17, 15) is 0 Å². The third-order valence-corrected chi connectivity index (χ3v) is 1.87. The van der Waals surface area contributed by atoms with Gasteiger partial charge in [-0.2, -0.15) is 24.7 Å². The predicted octanol–water partition coefficient (Wildman–Crippen LogP) is -1.24. The van der Waals surface area contributed by atoms with Crippen molar-refractivity contribution in [1.82, 2.24) is 29.7 Å². The number of aromatic nitrogens is 6. The first-order chi connectivity index (χ1) is 8.83. The van der Waals surface area contributed by atoms with Crippen LogP contribution >= 0.6 is 0 Å². The van der Waals surface area contributed by atoms with Crippen molar-refractivity contribution in [2.75, 3.05) is 25.7 Å². The molecular formula is C8H12N8O2. The quantitative estimate of drug-likeness (QED) is 0.369. The molecular weight excluding hydrogens is 240 g/mol. The summed E-state index contributed by atoms with van der Waals surface area (Å²) in [6.07, 6.45) is 2.82. The second-order valence-corrected chi connectivity index (χ2v) is 3.07. The van der Waals surface area contributed by atoms with E-state index in [0.29, 0.717) is 13.2 Å². The molecule has 0 bridgehead atoms. The minimum absolute atomic E-state index is 0.125. The average Bonchev–Trinajstić information content (AvgIpc) is 2.92. The maximum atomic E-state index is 5.28. The van der Waals surface area contributed by atoms with Gasteiger partial charge in [-0.25, -0.2) is 10.8 Å². The van der Waals surface area contributed by atoms with E-state index in [2.05, 4.69) is 30.5 Å². The Morgan fingerprint density at radius 3 is 2.89 bits per heavy atom. The Hall–Kier alpha value is -2.33. The molecule has 2 heterocycles. The van der Waals surface area contributed by atoms with Crippen LogP contribution in [0.4, 0.5) is 5.95 Å². The van der Waals surface area contributed by atoms with Crippen molar-refractivity contribution in [2.45, 2.75) is 0 Å². The number of nitrogen functional groups attached to an aromatic ring is 1. The first-order valence-electron chi connectivity index (χ1n) is 5.03. The summed E-state index contributed by atoms with van der Waals surface area (Å²) < 4.78 is 11.5. The van der Waals surface area contributed by atoms with Crippen molar-refractivity contribution in [1.29, 1.82) is 0 Å². The van der Waals surface area contributed by atoms with Crippen LogP contribution in [0.25, 0.3) is 5.95 Å². The fraction of sp³-hybridized carbons (Fsp3) is 0.375. The van der Waals surface area contributed by atoms with E-state index in [1.54, 1.807) is 7.11 Å². The number of nitrogens with one attached hydrogen (secondary N) is 1. The van der Waals surface area contributed by atoms with Gasteiger partial charge >= 0.3 is 6.01 Å². The van der Waals surface area contributed by atoms with Crippen LogP contribution in [-0.2, 0) is 4.74 Å². The van der Waals surface area contributed by atoms with E-state index in [4.69, 9.17) is 15.3 Å². The molecule has 0 aliphatic heterocycles. The normalized spacial score (nSPS) is 10.3. The van der Waals surface area contributed by atoms with Gasteiger partial charge in [0.1, 0.15) is 19.3 Å². The highest BCUT2D eigenvalue weighted by molar-refractivity contribution is 5.27. The molecule has 10 nitrogen and oxygen atoms in total. The molecule has 0 fully saturated rings. The number of nitrogens with zero attached hydrogens (tertiary/aromatic N) is 6. The number of hydrazine groups is 1. The first-order valence-corrected chi connectivity index (χ1v) is 5.03. The van der Waals surface area contributed by atoms with Crippen molar-refractivity contribution >= 4 is 5.95 Å². The summed E-state index contributed by atoms with van der Waals surface area (Å²) in [7, 11) is 1.57. The molecule has 0 saturated heterocycles. The lowest BCUT2D eigenvalue weighted by Crippen LogP contribution is -2.16. The zero-order chi connectivity index (χ0) is 12.8. The molecule has 0 aliphatic carbocycles. The molecule has 0 amide bonds. The summed E-state index contributed by atoms with van der Waals surface area (Å²) in [6.45, 7) is 0.747. The van der Waals surface area contributed by atoms with E-state index in [1.807, 2.05) is 0 Å². The van der Waals surface area contributed by atoms with Crippen LogP contribution in [0.2, 0.25) is 0 Å². The fourth-order valence-corrected chi connectivity index (χ4v) is 1.11. The van der Waals surface area contributed by atoms with Gasteiger partial charge in [-0.15, -0.1) is 0 Å². The Kier molecular flexibility index (Phi) is 3.94. The van der Waals surface area contributed by atoms with Gasteiger partial charge in [-0.05, 0) is 0 Å². The summed E-state index contributed by atoms with van der Waals surface area (Å²) in [5.41, 5.74) is 2.33. The second kappa shape index (κ2) is 5.84. The number of rotatable bonds is 6. The van der Waals surface area contributed by atoms with Gasteiger partial charge < -0.3 is 9.47 Å². The summed E-state index contributed by atoms with van der Waals surface area (Å²) in [5.74, 6) is 5.69. The SMILES string of the molecule is COCCOc1nc(NN)nc(-n2cncn2)n1. The van der Waals surface area contributed by atoms with E-state index < -0.39 is 0 Å². The Morgan fingerprint density at radius 1 is 1.33 bits per heavy atom. The maximum absolute atomic E-state index is 5.28. The molecule has 0 radical (unpaired) electrons. The van der Waals surface area contributed by atoms with Gasteiger partial charge in [0.2, 0.25) is 5.95 Å². The molecule has 2 aromatic heterocycles. The molecule has 0 atom stereocenters. The van der Waals surface area contributed by atoms with Crippen LogP contribution < -0.4 is 16.0 Å². The zero-order valence-corrected chi connectivity index (χ0v) is 9.65. The number of anilines is 1. The molecule has 3 N–H and O–H groups in total. The molecule has 0 aliphatic rings. The lowest BCUT2D eigenvalue weighted by atomic mass is 10.8. The number of ether oxygens (including phenoxy) is 2. The largest absolute Gasteiger partial charge is 0.461 e. The van der Waals surface area contributed by atoms with Gasteiger partial charge in [0.25, 0.3) is 5.95 Å². The minimum atomic E-state index is 0.125. The zero-order valence-electron chi connectivity index (χ0n) is 9.65. The molecule has 0 aromatic carbocycles.